The van der Waals surface area contributed by atoms with Gasteiger partial charge in [0.2, 0.25) is 10.0 Å². The molecule has 1 aromatic carbocycles. The average Bonchev–Trinajstić information content (AvgIpc) is 2.84. The van der Waals surface area contributed by atoms with Crippen LogP contribution in [0.25, 0.3) is 0 Å². The first kappa shape index (κ1) is 14.2. The molecule has 0 saturated heterocycles. The Hall–Kier alpha value is -1.24. The van der Waals surface area contributed by atoms with Gasteiger partial charge in [-0.2, -0.15) is 0 Å². The molecule has 0 fully saturated rings. The molecule has 19 heavy (non-hydrogen) atoms. The highest BCUT2D eigenvalue weighted by Gasteiger charge is 2.18. The molecule has 0 atom stereocenters. The number of sulfonamides is 1. The van der Waals surface area contributed by atoms with Crippen molar-refractivity contribution in [2.45, 2.75) is 24.8 Å². The van der Waals surface area contributed by atoms with Gasteiger partial charge in [0.25, 0.3) is 0 Å². The SMILES string of the molecule is CCc1ccsc1CNS(=O)(=O)c1ccccc1F. The molecule has 0 aliphatic heterocycles. The van der Waals surface area contributed by atoms with E-state index >= 15 is 0 Å². The summed E-state index contributed by atoms with van der Waals surface area (Å²) < 4.78 is 39.9. The topological polar surface area (TPSA) is 46.2 Å². The number of hydrogen-bond acceptors (Lipinski definition) is 3. The van der Waals surface area contributed by atoms with Crippen molar-refractivity contribution in [3.05, 3.63) is 52.0 Å². The summed E-state index contributed by atoms with van der Waals surface area (Å²) in [5, 5.41) is 1.92. The predicted octanol–water partition coefficient (Wildman–Crippen LogP) is 2.93. The zero-order valence-corrected chi connectivity index (χ0v) is 12.0. The summed E-state index contributed by atoms with van der Waals surface area (Å²) in [6, 6.07) is 7.32. The minimum absolute atomic E-state index is 0.192. The first-order valence-electron chi connectivity index (χ1n) is 5.84. The van der Waals surface area contributed by atoms with E-state index in [1.54, 1.807) is 0 Å². The second-order valence-corrected chi connectivity index (χ2v) is 6.71. The number of rotatable bonds is 5. The minimum Gasteiger partial charge on any atom is -0.207 e. The average molecular weight is 299 g/mol. The second kappa shape index (κ2) is 5.81. The van der Waals surface area contributed by atoms with Gasteiger partial charge < -0.3 is 0 Å². The molecule has 0 saturated carbocycles. The van der Waals surface area contributed by atoms with Gasteiger partial charge in [-0.3, -0.25) is 0 Å². The summed E-state index contributed by atoms with van der Waals surface area (Å²) in [5.74, 6) is -0.739. The lowest BCUT2D eigenvalue weighted by atomic mass is 10.2. The Kier molecular flexibility index (Phi) is 4.34. The highest BCUT2D eigenvalue weighted by atomic mass is 32.2. The molecule has 1 N–H and O–H groups in total. The maximum absolute atomic E-state index is 13.5. The van der Waals surface area contributed by atoms with Gasteiger partial charge in [0, 0.05) is 11.4 Å². The zero-order valence-electron chi connectivity index (χ0n) is 10.4. The van der Waals surface area contributed by atoms with Gasteiger partial charge in [-0.1, -0.05) is 19.1 Å². The maximum Gasteiger partial charge on any atom is 0.243 e. The van der Waals surface area contributed by atoms with Crippen LogP contribution in [0.4, 0.5) is 4.39 Å². The van der Waals surface area contributed by atoms with Crippen LogP contribution >= 0.6 is 11.3 Å². The van der Waals surface area contributed by atoms with Gasteiger partial charge in [0.1, 0.15) is 10.7 Å². The molecule has 0 aliphatic carbocycles. The van der Waals surface area contributed by atoms with Crippen LogP contribution in [0.3, 0.4) is 0 Å². The lowest BCUT2D eigenvalue weighted by Crippen LogP contribution is -2.24. The molecule has 0 unspecified atom stereocenters. The number of aryl methyl sites for hydroxylation is 1. The fourth-order valence-electron chi connectivity index (χ4n) is 1.74. The summed E-state index contributed by atoms with van der Waals surface area (Å²) in [7, 11) is -3.81. The van der Waals surface area contributed by atoms with E-state index in [0.717, 1.165) is 22.9 Å². The molecule has 6 heteroatoms. The number of hydrogen-bond donors (Lipinski definition) is 1. The van der Waals surface area contributed by atoms with Crippen molar-refractivity contribution in [3.63, 3.8) is 0 Å². The van der Waals surface area contributed by atoms with Crippen molar-refractivity contribution in [1.82, 2.24) is 4.72 Å². The molecule has 0 aliphatic rings. The van der Waals surface area contributed by atoms with Crippen LogP contribution in [0.2, 0.25) is 0 Å². The van der Waals surface area contributed by atoms with Gasteiger partial charge in [0.05, 0.1) is 0 Å². The van der Waals surface area contributed by atoms with E-state index < -0.39 is 15.8 Å². The van der Waals surface area contributed by atoms with Gasteiger partial charge in [-0.15, -0.1) is 11.3 Å². The molecule has 1 heterocycles. The largest absolute Gasteiger partial charge is 0.243 e. The molecule has 2 rings (SSSR count). The molecule has 0 radical (unpaired) electrons. The summed E-state index contributed by atoms with van der Waals surface area (Å²) in [6.07, 6.45) is 0.847. The Morgan fingerprint density at radius 3 is 2.68 bits per heavy atom. The highest BCUT2D eigenvalue weighted by Crippen LogP contribution is 2.19. The lowest BCUT2D eigenvalue weighted by molar-refractivity contribution is 0.557. The maximum atomic E-state index is 13.5. The normalized spacial score (nSPS) is 11.7. The van der Waals surface area contributed by atoms with E-state index in [1.807, 2.05) is 18.4 Å². The van der Waals surface area contributed by atoms with Crippen molar-refractivity contribution >= 4 is 21.4 Å². The first-order valence-corrected chi connectivity index (χ1v) is 8.20. The predicted molar refractivity (Wildman–Crippen MR) is 74.1 cm³/mol. The van der Waals surface area contributed by atoms with E-state index in [-0.39, 0.29) is 11.4 Å². The Balaban J connectivity index is 2.17. The summed E-state index contributed by atoms with van der Waals surface area (Å²) >= 11 is 1.49. The lowest BCUT2D eigenvalue weighted by Gasteiger charge is -2.07. The van der Waals surface area contributed by atoms with Crippen LogP contribution in [0.15, 0.2) is 40.6 Å². The van der Waals surface area contributed by atoms with Gasteiger partial charge in [-0.05, 0) is 35.6 Å². The summed E-state index contributed by atoms with van der Waals surface area (Å²) in [5.41, 5.74) is 1.11. The van der Waals surface area contributed by atoms with Gasteiger partial charge in [-0.25, -0.2) is 17.5 Å². The number of benzene rings is 1. The van der Waals surface area contributed by atoms with Crippen LogP contribution in [-0.2, 0) is 23.0 Å². The van der Waals surface area contributed by atoms with Crippen LogP contribution in [0.1, 0.15) is 17.4 Å². The van der Waals surface area contributed by atoms with Gasteiger partial charge in [0.15, 0.2) is 0 Å². The standard InChI is InChI=1S/C13H14FNO2S2/c1-2-10-7-8-18-12(10)9-15-19(16,17)13-6-4-3-5-11(13)14/h3-8,15H,2,9H2,1H3. The van der Waals surface area contributed by atoms with Gasteiger partial charge >= 0.3 is 0 Å². The molecule has 0 bridgehead atoms. The number of thiophene rings is 1. The third kappa shape index (κ3) is 3.20. The zero-order chi connectivity index (χ0) is 13.9. The first-order chi connectivity index (χ1) is 9.04. The van der Waals surface area contributed by atoms with E-state index in [1.165, 1.54) is 29.5 Å². The molecule has 2 aromatic rings. The van der Waals surface area contributed by atoms with Crippen molar-refractivity contribution in [3.8, 4) is 0 Å². The van der Waals surface area contributed by atoms with Crippen LogP contribution in [-0.4, -0.2) is 8.42 Å². The number of nitrogens with one attached hydrogen (secondary N) is 1. The van der Waals surface area contributed by atoms with Crippen LogP contribution in [0, 0.1) is 5.82 Å². The van der Waals surface area contributed by atoms with Crippen molar-refractivity contribution in [2.75, 3.05) is 0 Å². The number of halogens is 1. The molecular formula is C13H14FNO2S2. The fourth-order valence-corrected chi connectivity index (χ4v) is 3.82. The van der Waals surface area contributed by atoms with Crippen LogP contribution < -0.4 is 4.72 Å². The molecule has 0 amide bonds. The Bertz CT molecular complexity index is 665. The minimum atomic E-state index is -3.81. The smallest absolute Gasteiger partial charge is 0.207 e. The quantitative estimate of drug-likeness (QED) is 0.922. The fraction of sp³-hybridized carbons (Fsp3) is 0.231. The highest BCUT2D eigenvalue weighted by molar-refractivity contribution is 7.89. The third-order valence-corrected chi connectivity index (χ3v) is 5.17. The second-order valence-electron chi connectivity index (χ2n) is 3.98. The van der Waals surface area contributed by atoms with Crippen molar-refractivity contribution in [1.29, 1.82) is 0 Å². The Morgan fingerprint density at radius 2 is 2.00 bits per heavy atom. The molecule has 102 valence electrons. The van der Waals surface area contributed by atoms with Crippen molar-refractivity contribution in [2.24, 2.45) is 0 Å². The van der Waals surface area contributed by atoms with E-state index in [9.17, 15) is 12.8 Å². The molecule has 0 spiro atoms. The molecule has 3 nitrogen and oxygen atoms in total. The monoisotopic (exact) mass is 299 g/mol. The molecule has 1 aromatic heterocycles. The van der Waals surface area contributed by atoms with E-state index in [0.29, 0.717) is 0 Å². The van der Waals surface area contributed by atoms with Crippen LogP contribution in [0.5, 0.6) is 0 Å². The Labute approximate surface area is 116 Å². The Morgan fingerprint density at radius 1 is 1.26 bits per heavy atom. The summed E-state index contributed by atoms with van der Waals surface area (Å²) in [4.78, 5) is 0.645. The van der Waals surface area contributed by atoms with E-state index in [2.05, 4.69) is 4.72 Å². The van der Waals surface area contributed by atoms with E-state index in [4.69, 9.17) is 0 Å². The molecular weight excluding hydrogens is 285 g/mol. The third-order valence-electron chi connectivity index (χ3n) is 2.77. The summed E-state index contributed by atoms with van der Waals surface area (Å²) in [6.45, 7) is 2.20. The van der Waals surface area contributed by atoms with Crippen molar-refractivity contribution < 1.29 is 12.8 Å².